The molecule has 6 heteroatoms. The van der Waals surface area contributed by atoms with Gasteiger partial charge in [0.15, 0.2) is 5.15 Å². The largest absolute Gasteiger partial charge is 0.411 e. The van der Waals surface area contributed by atoms with E-state index in [1.165, 1.54) is 6.21 Å². The highest BCUT2D eigenvalue weighted by molar-refractivity contribution is 6.30. The second-order valence-electron chi connectivity index (χ2n) is 6.64. The van der Waals surface area contributed by atoms with Crippen LogP contribution in [0.5, 0.6) is 0 Å². The normalized spacial score (nSPS) is 11.4. The zero-order valence-electron chi connectivity index (χ0n) is 15.8. The molecule has 0 atom stereocenters. The smallest absolute Gasteiger partial charge is 0.152 e. The van der Waals surface area contributed by atoms with Crippen LogP contribution in [-0.2, 0) is 19.6 Å². The van der Waals surface area contributed by atoms with Crippen LogP contribution < -0.4 is 0 Å². The average Bonchev–Trinajstić information content (AvgIpc) is 3.02. The molecule has 0 saturated carbocycles. The standard InChI is InChI=1S/C22H24ClN3O2/c1-2-3-8-21-25-22(23)20(15-27)26(21)14-16-9-11-17(12-10-16)19-7-5-4-6-18(19)13-24-28/h4-7,9-13,27-28H,2-3,8,14-15H2,1H3/b24-13+. The molecule has 0 amide bonds. The third kappa shape index (κ3) is 4.43. The Labute approximate surface area is 169 Å². The fraction of sp³-hybridized carbons (Fsp3) is 0.273. The van der Waals surface area contributed by atoms with Crippen molar-refractivity contribution in [2.45, 2.75) is 39.3 Å². The number of oxime groups is 1. The summed E-state index contributed by atoms with van der Waals surface area (Å²) < 4.78 is 2.01. The van der Waals surface area contributed by atoms with Crippen molar-refractivity contribution in [2.75, 3.05) is 0 Å². The number of aliphatic hydroxyl groups excluding tert-OH is 1. The molecule has 0 aliphatic carbocycles. The molecule has 0 bridgehead atoms. The molecule has 0 fully saturated rings. The summed E-state index contributed by atoms with van der Waals surface area (Å²) in [7, 11) is 0. The van der Waals surface area contributed by atoms with E-state index in [-0.39, 0.29) is 6.61 Å². The summed E-state index contributed by atoms with van der Waals surface area (Å²) in [6.45, 7) is 2.61. The van der Waals surface area contributed by atoms with Gasteiger partial charge in [-0.2, -0.15) is 0 Å². The number of benzene rings is 2. The molecule has 0 aliphatic heterocycles. The molecule has 1 aromatic heterocycles. The fourth-order valence-corrected chi connectivity index (χ4v) is 3.53. The molecule has 0 radical (unpaired) electrons. The van der Waals surface area contributed by atoms with E-state index < -0.39 is 0 Å². The van der Waals surface area contributed by atoms with Gasteiger partial charge in [0.2, 0.25) is 0 Å². The zero-order valence-corrected chi connectivity index (χ0v) is 16.6. The molecule has 0 spiro atoms. The Morgan fingerprint density at radius 2 is 1.89 bits per heavy atom. The minimum Gasteiger partial charge on any atom is -0.411 e. The first kappa shape index (κ1) is 20.1. The Hall–Kier alpha value is -2.63. The number of nitrogens with zero attached hydrogens (tertiary/aromatic N) is 3. The Morgan fingerprint density at radius 3 is 2.57 bits per heavy atom. The molecule has 28 heavy (non-hydrogen) atoms. The second kappa shape index (κ2) is 9.53. The predicted molar refractivity (Wildman–Crippen MR) is 112 cm³/mol. The zero-order chi connectivity index (χ0) is 19.9. The maximum absolute atomic E-state index is 9.71. The summed E-state index contributed by atoms with van der Waals surface area (Å²) in [6.07, 6.45) is 4.37. The monoisotopic (exact) mass is 397 g/mol. The van der Waals surface area contributed by atoms with Crippen LogP contribution in [0.1, 0.15) is 42.4 Å². The van der Waals surface area contributed by atoms with Gasteiger partial charge in [-0.3, -0.25) is 0 Å². The number of hydrogen-bond donors (Lipinski definition) is 2. The van der Waals surface area contributed by atoms with Crippen LogP contribution in [-0.4, -0.2) is 26.1 Å². The van der Waals surface area contributed by atoms with Crippen LogP contribution in [0.2, 0.25) is 5.15 Å². The first-order valence-corrected chi connectivity index (χ1v) is 9.76. The summed E-state index contributed by atoms with van der Waals surface area (Å²) in [5, 5.41) is 22.1. The molecule has 1 heterocycles. The highest BCUT2D eigenvalue weighted by Gasteiger charge is 2.15. The van der Waals surface area contributed by atoms with Gasteiger partial charge in [-0.1, -0.05) is 78.6 Å². The Kier molecular flexibility index (Phi) is 6.85. The van der Waals surface area contributed by atoms with E-state index in [4.69, 9.17) is 16.8 Å². The third-order valence-corrected chi connectivity index (χ3v) is 5.07. The van der Waals surface area contributed by atoms with E-state index in [2.05, 4.69) is 29.2 Å². The summed E-state index contributed by atoms with van der Waals surface area (Å²) in [6, 6.07) is 16.0. The van der Waals surface area contributed by atoms with Gasteiger partial charge in [0.1, 0.15) is 5.82 Å². The molecular formula is C22H24ClN3O2. The minimum absolute atomic E-state index is 0.135. The van der Waals surface area contributed by atoms with Gasteiger partial charge >= 0.3 is 0 Å². The lowest BCUT2D eigenvalue weighted by Gasteiger charge is -2.12. The quantitative estimate of drug-likeness (QED) is 0.323. The second-order valence-corrected chi connectivity index (χ2v) is 7.00. The van der Waals surface area contributed by atoms with Crippen molar-refractivity contribution in [1.29, 1.82) is 0 Å². The van der Waals surface area contributed by atoms with Gasteiger partial charge in [0, 0.05) is 18.5 Å². The number of aliphatic hydroxyl groups is 1. The summed E-state index contributed by atoms with van der Waals surface area (Å²) in [5.74, 6) is 0.907. The topological polar surface area (TPSA) is 70.6 Å². The minimum atomic E-state index is -0.135. The lowest BCUT2D eigenvalue weighted by Crippen LogP contribution is -2.09. The number of rotatable bonds is 8. The molecule has 3 rings (SSSR count). The SMILES string of the molecule is CCCCc1nc(Cl)c(CO)n1Cc1ccc(-c2ccccc2/C=N/O)cc1. The number of aromatic nitrogens is 2. The van der Waals surface area contributed by atoms with Crippen LogP contribution in [0.4, 0.5) is 0 Å². The summed E-state index contributed by atoms with van der Waals surface area (Å²) in [5.41, 5.74) is 4.64. The molecule has 2 N–H and O–H groups in total. The average molecular weight is 398 g/mol. The molecular weight excluding hydrogens is 374 g/mol. The van der Waals surface area contributed by atoms with Crippen LogP contribution in [0.3, 0.4) is 0 Å². The number of unbranched alkanes of at least 4 members (excludes halogenated alkanes) is 1. The summed E-state index contributed by atoms with van der Waals surface area (Å²) in [4.78, 5) is 4.44. The van der Waals surface area contributed by atoms with E-state index in [1.54, 1.807) is 0 Å². The maximum atomic E-state index is 9.71. The van der Waals surface area contributed by atoms with Crippen LogP contribution in [0.15, 0.2) is 53.7 Å². The van der Waals surface area contributed by atoms with Gasteiger partial charge in [-0.15, -0.1) is 0 Å². The van der Waals surface area contributed by atoms with E-state index in [1.807, 2.05) is 41.0 Å². The van der Waals surface area contributed by atoms with E-state index >= 15 is 0 Å². The van der Waals surface area contributed by atoms with Gasteiger partial charge in [0.05, 0.1) is 18.5 Å². The van der Waals surface area contributed by atoms with Crippen molar-refractivity contribution in [3.8, 4) is 11.1 Å². The third-order valence-electron chi connectivity index (χ3n) is 4.77. The van der Waals surface area contributed by atoms with E-state index in [0.717, 1.165) is 47.3 Å². The molecule has 2 aromatic carbocycles. The van der Waals surface area contributed by atoms with Crippen LogP contribution >= 0.6 is 11.6 Å². The lowest BCUT2D eigenvalue weighted by atomic mass is 9.99. The highest BCUT2D eigenvalue weighted by Crippen LogP contribution is 2.25. The number of hydrogen-bond acceptors (Lipinski definition) is 4. The van der Waals surface area contributed by atoms with Crippen molar-refractivity contribution in [1.82, 2.24) is 9.55 Å². The van der Waals surface area contributed by atoms with Crippen LogP contribution in [0, 0.1) is 0 Å². The number of imidazole rings is 1. The van der Waals surface area contributed by atoms with Crippen molar-refractivity contribution in [2.24, 2.45) is 5.16 Å². The van der Waals surface area contributed by atoms with Gasteiger partial charge in [-0.05, 0) is 23.1 Å². The van der Waals surface area contributed by atoms with Gasteiger partial charge < -0.3 is 14.9 Å². The van der Waals surface area contributed by atoms with Crippen LogP contribution in [0.25, 0.3) is 11.1 Å². The lowest BCUT2D eigenvalue weighted by molar-refractivity contribution is 0.271. The molecule has 0 unspecified atom stereocenters. The van der Waals surface area contributed by atoms with Gasteiger partial charge in [0.25, 0.3) is 0 Å². The maximum Gasteiger partial charge on any atom is 0.152 e. The van der Waals surface area contributed by atoms with Crippen molar-refractivity contribution < 1.29 is 10.3 Å². The number of halogens is 1. The van der Waals surface area contributed by atoms with Crippen molar-refractivity contribution in [3.05, 3.63) is 76.3 Å². The summed E-state index contributed by atoms with van der Waals surface area (Å²) >= 11 is 6.22. The molecule has 5 nitrogen and oxygen atoms in total. The Bertz CT molecular complexity index is 949. The fourth-order valence-electron chi connectivity index (χ4n) is 3.28. The first-order valence-electron chi connectivity index (χ1n) is 9.38. The highest BCUT2D eigenvalue weighted by atomic mass is 35.5. The Balaban J connectivity index is 1.88. The van der Waals surface area contributed by atoms with Gasteiger partial charge in [-0.25, -0.2) is 4.98 Å². The molecule has 3 aromatic rings. The predicted octanol–water partition coefficient (Wildman–Crippen LogP) is 4.89. The van der Waals surface area contributed by atoms with E-state index in [9.17, 15) is 5.11 Å². The van der Waals surface area contributed by atoms with Crippen molar-refractivity contribution >= 4 is 17.8 Å². The molecule has 0 aliphatic rings. The first-order chi connectivity index (χ1) is 13.7. The molecule has 0 saturated heterocycles. The Morgan fingerprint density at radius 1 is 1.14 bits per heavy atom. The molecule has 146 valence electrons. The van der Waals surface area contributed by atoms with Crippen molar-refractivity contribution in [3.63, 3.8) is 0 Å². The number of aryl methyl sites for hydroxylation is 1. The van der Waals surface area contributed by atoms with E-state index in [0.29, 0.717) is 17.4 Å².